The molecule has 2 unspecified atom stereocenters. The maximum atomic E-state index is 9.97. The predicted octanol–water partition coefficient (Wildman–Crippen LogP) is 0.865. The van der Waals surface area contributed by atoms with Gasteiger partial charge in [-0.25, -0.2) is 0 Å². The van der Waals surface area contributed by atoms with E-state index in [-0.39, 0.29) is 0 Å². The van der Waals surface area contributed by atoms with E-state index in [1.807, 2.05) is 0 Å². The fourth-order valence-electron chi connectivity index (χ4n) is 1.99. The van der Waals surface area contributed by atoms with Crippen molar-refractivity contribution in [1.82, 2.24) is 10.6 Å². The van der Waals surface area contributed by atoms with Crippen LogP contribution in [0, 0.1) is 5.92 Å². The Kier molecular flexibility index (Phi) is 3.38. The second-order valence-corrected chi connectivity index (χ2v) is 5.24. The third kappa shape index (κ3) is 2.88. The van der Waals surface area contributed by atoms with Gasteiger partial charge in [0, 0.05) is 12.6 Å². The van der Waals surface area contributed by atoms with Gasteiger partial charge in [-0.15, -0.1) is 0 Å². The van der Waals surface area contributed by atoms with Gasteiger partial charge in [0.25, 0.3) is 0 Å². The number of aliphatic imine (C=N–C) groups is 1. The topological polar surface area (TPSA) is 56.7 Å². The SMILES string of the molecule is CCNC(=NCC1(O)CCC1)NC1CC1C. The van der Waals surface area contributed by atoms with Gasteiger partial charge in [0.15, 0.2) is 5.96 Å². The molecule has 2 saturated carbocycles. The van der Waals surface area contributed by atoms with Gasteiger partial charge in [0.2, 0.25) is 0 Å². The third-order valence-electron chi connectivity index (χ3n) is 3.59. The Hall–Kier alpha value is -0.770. The lowest BCUT2D eigenvalue weighted by molar-refractivity contribution is -0.0236. The first-order valence-electron chi connectivity index (χ1n) is 6.40. The fourth-order valence-corrected chi connectivity index (χ4v) is 1.99. The van der Waals surface area contributed by atoms with Gasteiger partial charge in [-0.2, -0.15) is 0 Å². The number of nitrogens with one attached hydrogen (secondary N) is 2. The summed E-state index contributed by atoms with van der Waals surface area (Å²) in [7, 11) is 0. The number of guanidine groups is 1. The molecule has 0 bridgehead atoms. The Morgan fingerprint density at radius 2 is 2.19 bits per heavy atom. The maximum Gasteiger partial charge on any atom is 0.191 e. The second kappa shape index (κ2) is 4.62. The van der Waals surface area contributed by atoms with Gasteiger partial charge >= 0.3 is 0 Å². The van der Waals surface area contributed by atoms with Crippen LogP contribution in [0.1, 0.15) is 39.5 Å². The quantitative estimate of drug-likeness (QED) is 0.491. The molecule has 4 heteroatoms. The van der Waals surface area contributed by atoms with E-state index in [2.05, 4.69) is 29.5 Å². The van der Waals surface area contributed by atoms with Crippen molar-refractivity contribution in [1.29, 1.82) is 0 Å². The molecular formula is C12H23N3O. The van der Waals surface area contributed by atoms with Gasteiger partial charge in [-0.1, -0.05) is 6.92 Å². The van der Waals surface area contributed by atoms with Crippen LogP contribution in [0.25, 0.3) is 0 Å². The summed E-state index contributed by atoms with van der Waals surface area (Å²) < 4.78 is 0. The zero-order valence-electron chi connectivity index (χ0n) is 10.3. The summed E-state index contributed by atoms with van der Waals surface area (Å²) >= 11 is 0. The molecule has 0 heterocycles. The van der Waals surface area contributed by atoms with Crippen LogP contribution in [0.3, 0.4) is 0 Å². The normalized spacial score (nSPS) is 31.8. The zero-order chi connectivity index (χ0) is 11.6. The van der Waals surface area contributed by atoms with Crippen LogP contribution in [-0.4, -0.2) is 35.8 Å². The number of nitrogens with zero attached hydrogens (tertiary/aromatic N) is 1. The summed E-state index contributed by atoms with van der Waals surface area (Å²) in [5.74, 6) is 1.62. The summed E-state index contributed by atoms with van der Waals surface area (Å²) in [5.41, 5.74) is -0.516. The summed E-state index contributed by atoms with van der Waals surface area (Å²) in [4.78, 5) is 4.47. The molecule has 2 aliphatic rings. The molecule has 92 valence electrons. The zero-order valence-corrected chi connectivity index (χ0v) is 10.3. The van der Waals surface area contributed by atoms with Crippen LogP contribution in [-0.2, 0) is 0 Å². The Morgan fingerprint density at radius 1 is 1.50 bits per heavy atom. The standard InChI is InChI=1S/C12H23N3O/c1-3-13-11(15-10-7-9(10)2)14-8-12(16)5-4-6-12/h9-10,16H,3-8H2,1-2H3,(H2,13,14,15). The van der Waals surface area contributed by atoms with Crippen molar-refractivity contribution >= 4 is 5.96 Å². The molecule has 0 amide bonds. The van der Waals surface area contributed by atoms with Crippen molar-refractivity contribution in [3.8, 4) is 0 Å². The van der Waals surface area contributed by atoms with E-state index in [1.165, 1.54) is 6.42 Å². The van der Waals surface area contributed by atoms with Crippen molar-refractivity contribution in [3.63, 3.8) is 0 Å². The monoisotopic (exact) mass is 225 g/mol. The van der Waals surface area contributed by atoms with E-state index in [0.717, 1.165) is 37.7 Å². The van der Waals surface area contributed by atoms with Crippen LogP contribution in [0.15, 0.2) is 4.99 Å². The third-order valence-corrected chi connectivity index (χ3v) is 3.59. The minimum absolute atomic E-state index is 0.516. The lowest BCUT2D eigenvalue weighted by Crippen LogP contribution is -2.43. The molecule has 0 aromatic rings. The van der Waals surface area contributed by atoms with Crippen molar-refractivity contribution in [2.24, 2.45) is 10.9 Å². The molecule has 0 spiro atoms. The molecular weight excluding hydrogens is 202 g/mol. The molecule has 0 aliphatic heterocycles. The minimum Gasteiger partial charge on any atom is -0.388 e. The van der Waals surface area contributed by atoms with Crippen LogP contribution in [0.4, 0.5) is 0 Å². The molecule has 0 saturated heterocycles. The average molecular weight is 225 g/mol. The number of aliphatic hydroxyl groups is 1. The number of rotatable bonds is 4. The van der Waals surface area contributed by atoms with Crippen LogP contribution in [0.2, 0.25) is 0 Å². The number of hydrogen-bond acceptors (Lipinski definition) is 2. The first-order valence-corrected chi connectivity index (χ1v) is 6.40. The van der Waals surface area contributed by atoms with Gasteiger partial charge in [0.1, 0.15) is 0 Å². The number of hydrogen-bond donors (Lipinski definition) is 3. The summed E-state index contributed by atoms with van der Waals surface area (Å²) in [6, 6.07) is 0.578. The molecule has 2 aliphatic carbocycles. The van der Waals surface area contributed by atoms with Crippen LogP contribution >= 0.6 is 0 Å². The van der Waals surface area contributed by atoms with Crippen molar-refractivity contribution in [3.05, 3.63) is 0 Å². The largest absolute Gasteiger partial charge is 0.388 e. The highest BCUT2D eigenvalue weighted by Gasteiger charge is 2.35. The summed E-state index contributed by atoms with van der Waals surface area (Å²) in [6.45, 7) is 5.70. The van der Waals surface area contributed by atoms with Gasteiger partial charge < -0.3 is 15.7 Å². The van der Waals surface area contributed by atoms with E-state index < -0.39 is 5.60 Å². The van der Waals surface area contributed by atoms with E-state index in [4.69, 9.17) is 0 Å². The Bertz CT molecular complexity index is 273. The maximum absolute atomic E-state index is 9.97. The van der Waals surface area contributed by atoms with Crippen LogP contribution < -0.4 is 10.6 Å². The van der Waals surface area contributed by atoms with E-state index in [1.54, 1.807) is 0 Å². The highest BCUT2D eigenvalue weighted by Crippen LogP contribution is 2.32. The molecule has 4 nitrogen and oxygen atoms in total. The Morgan fingerprint density at radius 3 is 2.62 bits per heavy atom. The van der Waals surface area contributed by atoms with Gasteiger partial charge in [-0.3, -0.25) is 4.99 Å². The molecule has 0 aromatic carbocycles. The van der Waals surface area contributed by atoms with Gasteiger partial charge in [0.05, 0.1) is 12.1 Å². The highest BCUT2D eigenvalue weighted by molar-refractivity contribution is 5.80. The molecule has 2 fully saturated rings. The molecule has 16 heavy (non-hydrogen) atoms. The fraction of sp³-hybridized carbons (Fsp3) is 0.917. The van der Waals surface area contributed by atoms with Crippen molar-refractivity contribution < 1.29 is 5.11 Å². The van der Waals surface area contributed by atoms with Gasteiger partial charge in [-0.05, 0) is 38.5 Å². The minimum atomic E-state index is -0.516. The molecule has 0 radical (unpaired) electrons. The summed E-state index contributed by atoms with van der Waals surface area (Å²) in [6.07, 6.45) is 4.16. The molecule has 0 aromatic heterocycles. The predicted molar refractivity (Wildman–Crippen MR) is 65.5 cm³/mol. The Balaban J connectivity index is 1.82. The Labute approximate surface area is 97.5 Å². The first kappa shape index (κ1) is 11.7. The first-order chi connectivity index (χ1) is 7.63. The van der Waals surface area contributed by atoms with E-state index in [0.29, 0.717) is 12.6 Å². The van der Waals surface area contributed by atoms with E-state index in [9.17, 15) is 5.11 Å². The van der Waals surface area contributed by atoms with Crippen molar-refractivity contribution in [2.75, 3.05) is 13.1 Å². The lowest BCUT2D eigenvalue weighted by Gasteiger charge is -2.35. The molecule has 2 atom stereocenters. The molecule has 3 N–H and O–H groups in total. The molecule has 2 rings (SSSR count). The average Bonchev–Trinajstić information content (AvgIpc) is 2.88. The van der Waals surface area contributed by atoms with E-state index >= 15 is 0 Å². The smallest absolute Gasteiger partial charge is 0.191 e. The van der Waals surface area contributed by atoms with Crippen LogP contribution in [0.5, 0.6) is 0 Å². The highest BCUT2D eigenvalue weighted by atomic mass is 16.3. The second-order valence-electron chi connectivity index (χ2n) is 5.24. The van der Waals surface area contributed by atoms with Crippen molar-refractivity contribution in [2.45, 2.75) is 51.2 Å². The summed E-state index contributed by atoms with van der Waals surface area (Å²) in [5, 5.41) is 16.6. The lowest BCUT2D eigenvalue weighted by atomic mass is 9.80.